The van der Waals surface area contributed by atoms with Crippen LogP contribution in [0.1, 0.15) is 42.5 Å². The lowest BCUT2D eigenvalue weighted by Crippen LogP contribution is -2.55. The fourth-order valence-electron chi connectivity index (χ4n) is 6.22. The number of esters is 1. The largest absolute Gasteiger partial charge is 0.468 e. The van der Waals surface area contributed by atoms with Crippen LogP contribution in [0.15, 0.2) is 24.3 Å². The van der Waals surface area contributed by atoms with Crippen molar-refractivity contribution in [3.8, 4) is 0 Å². The Morgan fingerprint density at radius 3 is 2.58 bits per heavy atom. The molecule has 1 unspecified atom stereocenters. The smallest absolute Gasteiger partial charge is 0.407 e. The maximum atomic E-state index is 13.3. The number of amides is 1. The summed E-state index contributed by atoms with van der Waals surface area (Å²) < 4.78 is 5.22. The average Bonchev–Trinajstić information content (AvgIpc) is 3.11. The molecule has 12 heteroatoms. The molecule has 1 N–H and O–H groups in total. The number of anilines is 1. The van der Waals surface area contributed by atoms with Crippen LogP contribution in [0.25, 0.3) is 0 Å². The number of halogens is 1. The fourth-order valence-corrected chi connectivity index (χ4v) is 6.41. The van der Waals surface area contributed by atoms with E-state index in [2.05, 4.69) is 9.97 Å². The monoisotopic (exact) mass is 515 g/mol. The molecule has 2 aliphatic heterocycles. The molecule has 3 heterocycles. The van der Waals surface area contributed by atoms with E-state index in [9.17, 15) is 24.8 Å². The minimum atomic E-state index is -1.15. The first-order valence-corrected chi connectivity index (χ1v) is 12.3. The third-order valence-corrected chi connectivity index (χ3v) is 7.89. The number of carboxylic acid groups (broad SMARTS) is 1. The molecule has 1 amide bonds. The normalized spacial score (nSPS) is 24.8. The number of carbonyl (C=O) groups is 2. The van der Waals surface area contributed by atoms with Gasteiger partial charge in [-0.25, -0.2) is 9.78 Å². The molecule has 2 saturated heterocycles. The van der Waals surface area contributed by atoms with E-state index in [0.717, 1.165) is 17.5 Å². The summed E-state index contributed by atoms with van der Waals surface area (Å²) in [7, 11) is 1.31. The van der Waals surface area contributed by atoms with Crippen LogP contribution >= 0.6 is 11.6 Å². The third-order valence-electron chi connectivity index (χ3n) is 7.72. The second-order valence-corrected chi connectivity index (χ2v) is 9.95. The van der Waals surface area contributed by atoms with Crippen molar-refractivity contribution in [1.82, 2.24) is 14.9 Å². The zero-order valence-corrected chi connectivity index (χ0v) is 20.5. The zero-order valence-electron chi connectivity index (χ0n) is 19.7. The van der Waals surface area contributed by atoms with E-state index < -0.39 is 22.4 Å². The van der Waals surface area contributed by atoms with Crippen LogP contribution in [0, 0.1) is 10.1 Å². The van der Waals surface area contributed by atoms with Crippen molar-refractivity contribution >= 4 is 35.2 Å². The van der Waals surface area contributed by atoms with Crippen LogP contribution in [-0.2, 0) is 27.8 Å². The van der Waals surface area contributed by atoms with Gasteiger partial charge in [0.15, 0.2) is 0 Å². The van der Waals surface area contributed by atoms with Gasteiger partial charge < -0.3 is 19.6 Å². The van der Waals surface area contributed by atoms with Crippen LogP contribution < -0.4 is 4.90 Å². The molecule has 2 bridgehead atoms. The highest BCUT2D eigenvalue weighted by atomic mass is 35.5. The number of hydrogen-bond donors (Lipinski definition) is 1. The van der Waals surface area contributed by atoms with E-state index in [0.29, 0.717) is 25.7 Å². The molecule has 2 aromatic rings. The Hall–Kier alpha value is -3.47. The van der Waals surface area contributed by atoms with Gasteiger partial charge in [-0.1, -0.05) is 24.3 Å². The predicted octanol–water partition coefficient (Wildman–Crippen LogP) is 3.36. The number of nitro groups is 1. The van der Waals surface area contributed by atoms with Crippen LogP contribution in [0.4, 0.5) is 16.3 Å². The van der Waals surface area contributed by atoms with E-state index in [1.54, 1.807) is 0 Å². The first kappa shape index (κ1) is 24.2. The van der Waals surface area contributed by atoms with Crippen LogP contribution in [0.2, 0.25) is 5.28 Å². The lowest BCUT2D eigenvalue weighted by molar-refractivity contribution is -0.385. The Morgan fingerprint density at radius 2 is 1.94 bits per heavy atom. The molecule has 36 heavy (non-hydrogen) atoms. The molecule has 1 aliphatic carbocycles. The SMILES string of the molecule is COC(=O)C1(Cc2nc(Cl)nc(N3[C@@H]4CC[C@H]3CN(C(=O)O)C4)c2[N+](=O)[O-])CCCc2ccccc21. The van der Waals surface area contributed by atoms with Gasteiger partial charge in [-0.05, 0) is 54.8 Å². The van der Waals surface area contributed by atoms with Gasteiger partial charge in [0.1, 0.15) is 5.69 Å². The molecule has 1 aromatic heterocycles. The van der Waals surface area contributed by atoms with E-state index in [1.807, 2.05) is 29.2 Å². The minimum absolute atomic E-state index is 0.0628. The first-order valence-electron chi connectivity index (χ1n) is 11.9. The standard InChI is InChI=1S/C24H26ClN5O6/c1-36-21(31)24(10-4-6-14-5-2-3-7-17(14)24)11-18-19(30(34)35)20(27-22(25)26-18)29-15-8-9-16(29)13-28(12-15)23(32)33/h2-3,5,7,15-16H,4,6,8-13H2,1H3,(H,32,33)/t15-,16+,24?. The highest BCUT2D eigenvalue weighted by Crippen LogP contribution is 2.45. The van der Waals surface area contributed by atoms with E-state index >= 15 is 0 Å². The van der Waals surface area contributed by atoms with Gasteiger partial charge >= 0.3 is 17.7 Å². The summed E-state index contributed by atoms with van der Waals surface area (Å²) in [6.45, 7) is 0.443. The first-order chi connectivity index (χ1) is 17.2. The summed E-state index contributed by atoms with van der Waals surface area (Å²) in [5.41, 5.74) is 0.400. The number of benzene rings is 1. The quantitative estimate of drug-likeness (QED) is 0.275. The summed E-state index contributed by atoms with van der Waals surface area (Å²) in [5, 5.41) is 21.8. The van der Waals surface area contributed by atoms with E-state index in [4.69, 9.17) is 16.3 Å². The number of piperazine rings is 1. The second kappa shape index (κ2) is 9.20. The maximum Gasteiger partial charge on any atom is 0.407 e. The Balaban J connectivity index is 1.62. The van der Waals surface area contributed by atoms with Crippen LogP contribution in [0.3, 0.4) is 0 Å². The van der Waals surface area contributed by atoms with Gasteiger partial charge in [0.2, 0.25) is 11.1 Å². The van der Waals surface area contributed by atoms with Crippen molar-refractivity contribution in [1.29, 1.82) is 0 Å². The molecular weight excluding hydrogens is 490 g/mol. The number of carbonyl (C=O) groups excluding carboxylic acids is 1. The number of nitrogens with zero attached hydrogens (tertiary/aromatic N) is 5. The van der Waals surface area contributed by atoms with Crippen molar-refractivity contribution in [3.05, 3.63) is 56.5 Å². The third kappa shape index (κ3) is 3.91. The van der Waals surface area contributed by atoms with Gasteiger partial charge in [-0.3, -0.25) is 14.9 Å². The van der Waals surface area contributed by atoms with Crippen molar-refractivity contribution in [2.24, 2.45) is 0 Å². The molecule has 2 fully saturated rings. The van der Waals surface area contributed by atoms with Crippen molar-refractivity contribution in [2.75, 3.05) is 25.1 Å². The van der Waals surface area contributed by atoms with Gasteiger partial charge in [0, 0.05) is 31.6 Å². The lowest BCUT2D eigenvalue weighted by Gasteiger charge is -2.40. The van der Waals surface area contributed by atoms with Crippen LogP contribution in [0.5, 0.6) is 0 Å². The summed E-state index contributed by atoms with van der Waals surface area (Å²) in [6.07, 6.45) is 2.25. The van der Waals surface area contributed by atoms with E-state index in [1.165, 1.54) is 12.0 Å². The van der Waals surface area contributed by atoms with Gasteiger partial charge in [0.05, 0.1) is 17.4 Å². The molecule has 0 saturated carbocycles. The predicted molar refractivity (Wildman–Crippen MR) is 129 cm³/mol. The molecule has 0 radical (unpaired) electrons. The van der Waals surface area contributed by atoms with Crippen LogP contribution in [-0.4, -0.2) is 69.2 Å². The number of ether oxygens (including phenoxy) is 1. The number of hydrogen-bond acceptors (Lipinski definition) is 8. The van der Waals surface area contributed by atoms with Gasteiger partial charge in [-0.15, -0.1) is 0 Å². The Kier molecular flexibility index (Phi) is 6.19. The van der Waals surface area contributed by atoms with Gasteiger partial charge in [0.25, 0.3) is 0 Å². The molecular formula is C24H26ClN5O6. The number of methoxy groups -OCH3 is 1. The topological polar surface area (TPSA) is 139 Å². The Bertz CT molecular complexity index is 1230. The summed E-state index contributed by atoms with van der Waals surface area (Å²) in [4.78, 5) is 48.5. The number of aryl methyl sites for hydroxylation is 1. The lowest BCUT2D eigenvalue weighted by atomic mass is 9.67. The van der Waals surface area contributed by atoms with Gasteiger partial charge in [-0.2, -0.15) is 4.98 Å². The molecule has 3 atom stereocenters. The fraction of sp³-hybridized carbons (Fsp3) is 0.500. The maximum absolute atomic E-state index is 13.3. The molecule has 5 rings (SSSR count). The number of aromatic nitrogens is 2. The van der Waals surface area contributed by atoms with Crippen molar-refractivity contribution in [3.63, 3.8) is 0 Å². The molecule has 11 nitrogen and oxygen atoms in total. The molecule has 3 aliphatic rings. The van der Waals surface area contributed by atoms with Crippen molar-refractivity contribution in [2.45, 2.75) is 56.0 Å². The molecule has 190 valence electrons. The Labute approximate surface area is 212 Å². The summed E-state index contributed by atoms with van der Waals surface area (Å²) in [6, 6.07) is 7.05. The minimum Gasteiger partial charge on any atom is -0.468 e. The number of fused-ring (bicyclic) bond motifs is 3. The Morgan fingerprint density at radius 1 is 1.25 bits per heavy atom. The van der Waals surface area contributed by atoms with E-state index in [-0.39, 0.29) is 54.1 Å². The molecule has 0 spiro atoms. The second-order valence-electron chi connectivity index (χ2n) is 9.61. The highest BCUT2D eigenvalue weighted by molar-refractivity contribution is 6.28. The highest BCUT2D eigenvalue weighted by Gasteiger charge is 2.49. The summed E-state index contributed by atoms with van der Waals surface area (Å²) in [5.74, 6) is -0.396. The summed E-state index contributed by atoms with van der Waals surface area (Å²) >= 11 is 6.33. The van der Waals surface area contributed by atoms with Crippen molar-refractivity contribution < 1.29 is 24.4 Å². The number of likely N-dealkylation sites (tertiary alicyclic amines) is 1. The zero-order chi connectivity index (χ0) is 25.6. The number of rotatable bonds is 5. The average molecular weight is 516 g/mol. The molecule has 1 aromatic carbocycles.